The van der Waals surface area contributed by atoms with E-state index in [9.17, 15) is 9.59 Å². The molecule has 7 heteroatoms. The topological polar surface area (TPSA) is 55.2 Å². The van der Waals surface area contributed by atoms with Gasteiger partial charge in [-0.3, -0.25) is 14.2 Å². The number of hydrogen-bond acceptors (Lipinski definition) is 4. The number of halogens is 1. The number of hydrogen-bond donors (Lipinski definition) is 0. The Morgan fingerprint density at radius 3 is 2.65 bits per heavy atom. The van der Waals surface area contributed by atoms with Gasteiger partial charge in [0.25, 0.3) is 5.56 Å². The molecular weight excluding hydrogens is 430 g/mol. The number of thioether (sulfide) groups is 1. The maximum atomic E-state index is 13.4. The van der Waals surface area contributed by atoms with Gasteiger partial charge in [-0.2, -0.15) is 0 Å². The molecule has 162 valence electrons. The Bertz CT molecular complexity index is 1130. The molecule has 1 aliphatic carbocycles. The van der Waals surface area contributed by atoms with Crippen molar-refractivity contribution in [1.82, 2.24) is 14.5 Å². The van der Waals surface area contributed by atoms with Crippen molar-refractivity contribution in [3.8, 4) is 0 Å². The number of benzene rings is 2. The summed E-state index contributed by atoms with van der Waals surface area (Å²) in [5, 5.41) is 1.73. The molecule has 4 rings (SSSR count). The fraction of sp³-hybridized carbons (Fsp3) is 0.375. The first-order chi connectivity index (χ1) is 15.0. The molecule has 0 bridgehead atoms. The molecule has 0 atom stereocenters. The molecule has 1 fully saturated rings. The number of carbonyl (C=O) groups is 1. The van der Waals surface area contributed by atoms with Gasteiger partial charge in [0, 0.05) is 24.7 Å². The Balaban J connectivity index is 1.59. The molecule has 1 saturated carbocycles. The summed E-state index contributed by atoms with van der Waals surface area (Å²) >= 11 is 7.48. The number of carbonyl (C=O) groups excluding carboxylic acids is 1. The predicted molar refractivity (Wildman–Crippen MR) is 127 cm³/mol. The third-order valence-corrected chi connectivity index (χ3v) is 6.96. The Morgan fingerprint density at radius 1 is 1.16 bits per heavy atom. The van der Waals surface area contributed by atoms with Gasteiger partial charge in [0.2, 0.25) is 5.91 Å². The van der Waals surface area contributed by atoms with Crippen LogP contribution in [-0.2, 0) is 11.3 Å². The zero-order valence-electron chi connectivity index (χ0n) is 17.6. The highest BCUT2D eigenvalue weighted by atomic mass is 35.5. The second-order valence-corrected chi connectivity index (χ2v) is 9.43. The average Bonchev–Trinajstić information content (AvgIpc) is 2.78. The van der Waals surface area contributed by atoms with E-state index >= 15 is 0 Å². The van der Waals surface area contributed by atoms with Crippen molar-refractivity contribution >= 4 is 40.2 Å². The van der Waals surface area contributed by atoms with Crippen LogP contribution in [-0.4, -0.2) is 33.2 Å². The average molecular weight is 456 g/mol. The minimum absolute atomic E-state index is 0.00415. The summed E-state index contributed by atoms with van der Waals surface area (Å²) in [4.78, 5) is 32.6. The second kappa shape index (κ2) is 9.88. The van der Waals surface area contributed by atoms with Gasteiger partial charge in [-0.1, -0.05) is 73.0 Å². The predicted octanol–water partition coefficient (Wildman–Crippen LogP) is 5.31. The van der Waals surface area contributed by atoms with E-state index in [-0.39, 0.29) is 23.3 Å². The molecule has 0 radical (unpaired) electrons. The Labute approximate surface area is 191 Å². The van der Waals surface area contributed by atoms with Crippen LogP contribution in [0.2, 0.25) is 5.02 Å². The molecule has 0 saturated heterocycles. The van der Waals surface area contributed by atoms with E-state index < -0.39 is 0 Å². The molecule has 1 amide bonds. The molecule has 2 aromatic carbocycles. The standard InChI is InChI=1S/C24H26ClN3O2S/c1-27(15-17-8-4-2-5-9-17)22(29)16-31-24-26-21-14-18(25)12-13-20(21)23(30)28(24)19-10-6-3-7-11-19/h2,4-5,8-9,12-14,19H,3,6-7,10-11,15-16H2,1H3. The van der Waals surface area contributed by atoms with Crippen molar-refractivity contribution in [3.05, 3.63) is 69.5 Å². The highest BCUT2D eigenvalue weighted by molar-refractivity contribution is 7.99. The van der Waals surface area contributed by atoms with Crippen LogP contribution in [0.5, 0.6) is 0 Å². The lowest BCUT2D eigenvalue weighted by Gasteiger charge is -2.26. The van der Waals surface area contributed by atoms with Crippen LogP contribution in [0.3, 0.4) is 0 Å². The van der Waals surface area contributed by atoms with Crippen LogP contribution in [0.15, 0.2) is 58.5 Å². The molecule has 31 heavy (non-hydrogen) atoms. The SMILES string of the molecule is CN(Cc1ccccc1)C(=O)CSc1nc2cc(Cl)ccc2c(=O)n1C1CCCCC1. The van der Waals surface area contributed by atoms with E-state index in [1.807, 2.05) is 34.9 Å². The van der Waals surface area contributed by atoms with E-state index in [0.29, 0.717) is 27.6 Å². The minimum Gasteiger partial charge on any atom is -0.341 e. The van der Waals surface area contributed by atoms with Crippen LogP contribution in [0.25, 0.3) is 10.9 Å². The monoisotopic (exact) mass is 455 g/mol. The first kappa shape index (κ1) is 21.9. The maximum absolute atomic E-state index is 13.4. The van der Waals surface area contributed by atoms with Crippen LogP contribution in [0.1, 0.15) is 43.7 Å². The van der Waals surface area contributed by atoms with Crippen molar-refractivity contribution in [3.63, 3.8) is 0 Å². The maximum Gasteiger partial charge on any atom is 0.262 e. The third kappa shape index (κ3) is 5.13. The molecular formula is C24H26ClN3O2S. The van der Waals surface area contributed by atoms with Gasteiger partial charge in [0.05, 0.1) is 16.7 Å². The number of fused-ring (bicyclic) bond motifs is 1. The number of nitrogens with zero attached hydrogens (tertiary/aromatic N) is 3. The number of amides is 1. The highest BCUT2D eigenvalue weighted by Crippen LogP contribution is 2.31. The summed E-state index contributed by atoms with van der Waals surface area (Å²) in [5.41, 5.74) is 1.62. The Kier molecular flexibility index (Phi) is 6.98. The fourth-order valence-electron chi connectivity index (χ4n) is 4.10. The van der Waals surface area contributed by atoms with Crippen LogP contribution in [0.4, 0.5) is 0 Å². The van der Waals surface area contributed by atoms with E-state index in [0.717, 1.165) is 31.2 Å². The van der Waals surface area contributed by atoms with Crippen molar-refractivity contribution in [2.45, 2.75) is 49.8 Å². The fourth-order valence-corrected chi connectivity index (χ4v) is 5.27. The van der Waals surface area contributed by atoms with Crippen LogP contribution < -0.4 is 5.56 Å². The van der Waals surface area contributed by atoms with Gasteiger partial charge in [-0.25, -0.2) is 4.98 Å². The lowest BCUT2D eigenvalue weighted by atomic mass is 9.95. The summed E-state index contributed by atoms with van der Waals surface area (Å²) in [6.45, 7) is 0.552. The highest BCUT2D eigenvalue weighted by Gasteiger charge is 2.23. The van der Waals surface area contributed by atoms with E-state index in [1.54, 1.807) is 30.1 Å². The zero-order valence-corrected chi connectivity index (χ0v) is 19.2. The summed E-state index contributed by atoms with van der Waals surface area (Å²) < 4.78 is 1.82. The minimum atomic E-state index is -0.0406. The third-order valence-electron chi connectivity index (χ3n) is 5.78. The summed E-state index contributed by atoms with van der Waals surface area (Å²) in [7, 11) is 1.80. The number of rotatable bonds is 6. The molecule has 0 unspecified atom stereocenters. The molecule has 0 aliphatic heterocycles. The molecule has 1 aliphatic rings. The molecule has 3 aromatic rings. The molecule has 0 spiro atoms. The number of aromatic nitrogens is 2. The first-order valence-corrected chi connectivity index (χ1v) is 12.0. The van der Waals surface area contributed by atoms with E-state index in [2.05, 4.69) is 0 Å². The van der Waals surface area contributed by atoms with E-state index in [1.165, 1.54) is 18.2 Å². The molecule has 1 aromatic heterocycles. The van der Waals surface area contributed by atoms with Gasteiger partial charge in [0.1, 0.15) is 0 Å². The normalized spacial score (nSPS) is 14.6. The van der Waals surface area contributed by atoms with Gasteiger partial charge in [0.15, 0.2) is 5.16 Å². The second-order valence-electron chi connectivity index (χ2n) is 8.05. The zero-order chi connectivity index (χ0) is 21.8. The molecule has 1 heterocycles. The van der Waals surface area contributed by atoms with Crippen LogP contribution in [0, 0.1) is 0 Å². The van der Waals surface area contributed by atoms with Gasteiger partial charge in [-0.05, 0) is 36.6 Å². The van der Waals surface area contributed by atoms with E-state index in [4.69, 9.17) is 16.6 Å². The van der Waals surface area contributed by atoms with Gasteiger partial charge >= 0.3 is 0 Å². The van der Waals surface area contributed by atoms with Crippen molar-refractivity contribution in [2.24, 2.45) is 0 Å². The Morgan fingerprint density at radius 2 is 1.90 bits per heavy atom. The van der Waals surface area contributed by atoms with Gasteiger partial charge < -0.3 is 4.90 Å². The lowest BCUT2D eigenvalue weighted by Crippen LogP contribution is -2.30. The summed E-state index contributed by atoms with van der Waals surface area (Å²) in [6, 6.07) is 15.2. The van der Waals surface area contributed by atoms with Gasteiger partial charge in [-0.15, -0.1) is 0 Å². The van der Waals surface area contributed by atoms with Crippen molar-refractivity contribution in [2.75, 3.05) is 12.8 Å². The Hall–Kier alpha value is -2.31. The first-order valence-electron chi connectivity index (χ1n) is 10.7. The summed E-state index contributed by atoms with van der Waals surface area (Å²) in [5.74, 6) is 0.235. The molecule has 5 nitrogen and oxygen atoms in total. The van der Waals surface area contributed by atoms with Crippen LogP contribution >= 0.6 is 23.4 Å². The largest absolute Gasteiger partial charge is 0.341 e. The summed E-state index contributed by atoms with van der Waals surface area (Å²) in [6.07, 6.45) is 5.36. The van der Waals surface area contributed by atoms with Crippen molar-refractivity contribution in [1.29, 1.82) is 0 Å². The smallest absolute Gasteiger partial charge is 0.262 e. The molecule has 0 N–H and O–H groups in total. The lowest BCUT2D eigenvalue weighted by molar-refractivity contribution is -0.127. The quantitative estimate of drug-likeness (QED) is 0.373. The van der Waals surface area contributed by atoms with Crippen molar-refractivity contribution < 1.29 is 4.79 Å².